The van der Waals surface area contributed by atoms with E-state index in [9.17, 15) is 9.59 Å². The second-order valence-corrected chi connectivity index (χ2v) is 9.53. The Labute approximate surface area is 219 Å². The number of fused-ring (bicyclic) bond motifs is 3. The minimum atomic E-state index is -1.15. The lowest BCUT2D eigenvalue weighted by atomic mass is 9.89. The van der Waals surface area contributed by atoms with Gasteiger partial charge in [-0.1, -0.05) is 65.9 Å². The number of rotatable bonds is 6. The number of aromatic nitrogens is 2. The molecule has 36 heavy (non-hydrogen) atoms. The van der Waals surface area contributed by atoms with E-state index >= 15 is 0 Å². The first-order chi connectivity index (χ1) is 17.6. The molecule has 2 aliphatic rings. The summed E-state index contributed by atoms with van der Waals surface area (Å²) in [5.74, 6) is -0.336. The summed E-state index contributed by atoms with van der Waals surface area (Å²) in [5, 5.41) is 0.607. The van der Waals surface area contributed by atoms with Gasteiger partial charge < -0.3 is 9.80 Å². The fourth-order valence-electron chi connectivity index (χ4n) is 4.92. The van der Waals surface area contributed by atoms with E-state index in [0.29, 0.717) is 34.8 Å². The maximum absolute atomic E-state index is 14.3. The third-order valence-electron chi connectivity index (χ3n) is 6.30. The molecule has 8 heteroatoms. The number of hydrogen-bond donors (Lipinski definition) is 0. The number of amides is 2. The van der Waals surface area contributed by atoms with Crippen molar-refractivity contribution in [3.63, 3.8) is 0 Å². The fraction of sp³-hybridized carbons (Fsp3) is 0.143. The van der Waals surface area contributed by atoms with E-state index in [-0.39, 0.29) is 11.8 Å². The van der Waals surface area contributed by atoms with Crippen molar-refractivity contribution in [2.24, 2.45) is 0 Å². The molecule has 0 radical (unpaired) electrons. The van der Waals surface area contributed by atoms with E-state index in [4.69, 9.17) is 11.6 Å². The zero-order valence-corrected chi connectivity index (χ0v) is 21.1. The molecule has 2 amide bonds. The highest BCUT2D eigenvalue weighted by molar-refractivity contribution is 7.99. The highest BCUT2D eigenvalue weighted by Crippen LogP contribution is 2.50. The number of pyridine rings is 2. The Morgan fingerprint density at radius 1 is 1.11 bits per heavy atom. The molecule has 1 atom stereocenters. The normalized spacial score (nSPS) is 19.4. The van der Waals surface area contributed by atoms with Gasteiger partial charge >= 0.3 is 0 Å². The molecule has 1 saturated heterocycles. The Morgan fingerprint density at radius 2 is 1.94 bits per heavy atom. The van der Waals surface area contributed by atoms with Crippen LogP contribution in [0.5, 0.6) is 0 Å². The number of carbonyl (C=O) groups excluding carboxylic acids is 2. The van der Waals surface area contributed by atoms with Crippen molar-refractivity contribution in [2.45, 2.75) is 22.5 Å². The summed E-state index contributed by atoms with van der Waals surface area (Å²) in [5.41, 5.74) is 2.69. The van der Waals surface area contributed by atoms with E-state index in [2.05, 4.69) is 9.97 Å². The topological polar surface area (TPSA) is 66.4 Å². The monoisotopic (exact) mass is 514 g/mol. The highest BCUT2D eigenvalue weighted by Gasteiger charge is 2.60. The predicted octanol–water partition coefficient (Wildman–Crippen LogP) is 5.65. The lowest BCUT2D eigenvalue weighted by molar-refractivity contribution is 0.0369. The lowest BCUT2D eigenvalue weighted by Crippen LogP contribution is -2.52. The van der Waals surface area contributed by atoms with Crippen LogP contribution in [0, 0.1) is 0 Å². The van der Waals surface area contributed by atoms with Crippen molar-refractivity contribution < 1.29 is 9.59 Å². The number of nitrogens with zero attached hydrogens (tertiary/aromatic N) is 4. The molecule has 0 N–H and O–H groups in total. The molecule has 3 aromatic rings. The average molecular weight is 515 g/mol. The SMILES string of the molecule is C\C=C/C(=C\C=C\Cl)C12c3cnccc3C(=O)N1CCN2C(=O)c1cccnc1Sc1ccccc1. The number of allylic oxidation sites excluding steroid dienone is 3. The van der Waals surface area contributed by atoms with Gasteiger partial charge in [-0.25, -0.2) is 4.98 Å². The molecular formula is C28H23ClN4O2S. The molecule has 2 aromatic heterocycles. The van der Waals surface area contributed by atoms with Crippen molar-refractivity contribution in [3.8, 4) is 0 Å². The molecule has 180 valence electrons. The lowest BCUT2D eigenvalue weighted by Gasteiger charge is -2.41. The summed E-state index contributed by atoms with van der Waals surface area (Å²) < 4.78 is 0. The summed E-state index contributed by atoms with van der Waals surface area (Å²) >= 11 is 7.32. The van der Waals surface area contributed by atoms with Crippen LogP contribution in [0.2, 0.25) is 0 Å². The zero-order valence-electron chi connectivity index (χ0n) is 19.5. The third kappa shape index (κ3) is 3.85. The Balaban J connectivity index is 1.68. The van der Waals surface area contributed by atoms with Crippen molar-refractivity contribution in [3.05, 3.63) is 119 Å². The van der Waals surface area contributed by atoms with Gasteiger partial charge in [-0.3, -0.25) is 14.6 Å². The van der Waals surface area contributed by atoms with E-state index in [1.54, 1.807) is 52.7 Å². The first-order valence-electron chi connectivity index (χ1n) is 11.5. The molecule has 0 spiro atoms. The van der Waals surface area contributed by atoms with Gasteiger partial charge in [0.1, 0.15) is 5.03 Å². The van der Waals surface area contributed by atoms with Crippen LogP contribution in [0.1, 0.15) is 33.2 Å². The van der Waals surface area contributed by atoms with Crippen LogP contribution in [0.4, 0.5) is 0 Å². The van der Waals surface area contributed by atoms with Crippen LogP contribution < -0.4 is 0 Å². The Kier molecular flexibility index (Phi) is 6.76. The van der Waals surface area contributed by atoms with Gasteiger partial charge in [0, 0.05) is 53.2 Å². The largest absolute Gasteiger partial charge is 0.306 e. The van der Waals surface area contributed by atoms with Crippen LogP contribution in [-0.2, 0) is 5.66 Å². The Morgan fingerprint density at radius 3 is 2.72 bits per heavy atom. The molecular weight excluding hydrogens is 492 g/mol. The molecule has 1 aromatic carbocycles. The quantitative estimate of drug-likeness (QED) is 0.398. The molecule has 2 aliphatic heterocycles. The fourth-order valence-corrected chi connectivity index (χ4v) is 5.88. The molecule has 5 rings (SSSR count). The molecule has 6 nitrogen and oxygen atoms in total. The van der Waals surface area contributed by atoms with Gasteiger partial charge in [-0.15, -0.1) is 0 Å². The van der Waals surface area contributed by atoms with Crippen LogP contribution in [-0.4, -0.2) is 44.7 Å². The molecule has 0 aliphatic carbocycles. The standard InChI is InChI=1S/C28H23ClN4O2S/c1-2-8-20(9-6-14-29)28-24-19-30-16-13-22(24)26(34)32(28)17-18-33(28)27(35)23-12-7-15-31-25(23)36-21-10-4-3-5-11-21/h2-16,19H,17-18H2,1H3/b8-2-,14-6+,20-9+. The van der Waals surface area contributed by atoms with Gasteiger partial charge in [-0.2, -0.15) is 0 Å². The maximum Gasteiger partial charge on any atom is 0.259 e. The molecule has 1 unspecified atom stereocenters. The molecule has 1 fully saturated rings. The first kappa shape index (κ1) is 24.0. The van der Waals surface area contributed by atoms with E-state index in [0.717, 1.165) is 10.5 Å². The van der Waals surface area contributed by atoms with Crippen molar-refractivity contribution in [1.82, 2.24) is 19.8 Å². The number of benzene rings is 1. The maximum atomic E-state index is 14.3. The molecule has 0 bridgehead atoms. The predicted molar refractivity (Wildman–Crippen MR) is 141 cm³/mol. The first-order valence-corrected chi connectivity index (χ1v) is 12.7. The summed E-state index contributed by atoms with van der Waals surface area (Å²) in [6.07, 6.45) is 12.3. The van der Waals surface area contributed by atoms with E-state index in [1.165, 1.54) is 17.3 Å². The van der Waals surface area contributed by atoms with Crippen LogP contribution in [0.25, 0.3) is 0 Å². The van der Waals surface area contributed by atoms with Crippen molar-refractivity contribution in [2.75, 3.05) is 13.1 Å². The smallest absolute Gasteiger partial charge is 0.259 e. The number of carbonyl (C=O) groups is 2. The minimum Gasteiger partial charge on any atom is -0.306 e. The van der Waals surface area contributed by atoms with Crippen molar-refractivity contribution in [1.29, 1.82) is 0 Å². The van der Waals surface area contributed by atoms with Crippen molar-refractivity contribution >= 4 is 35.2 Å². The second-order valence-electron chi connectivity index (χ2n) is 8.22. The highest BCUT2D eigenvalue weighted by atomic mass is 35.5. The van der Waals surface area contributed by atoms with Gasteiger partial charge in [0.05, 0.1) is 11.1 Å². The summed E-state index contributed by atoms with van der Waals surface area (Å²) in [7, 11) is 0. The van der Waals surface area contributed by atoms with E-state index < -0.39 is 5.66 Å². The second kappa shape index (κ2) is 10.1. The minimum absolute atomic E-state index is 0.127. The zero-order chi connectivity index (χ0) is 25.1. The van der Waals surface area contributed by atoms with Crippen LogP contribution in [0.15, 0.2) is 112 Å². The van der Waals surface area contributed by atoms with Gasteiger partial charge in [0.25, 0.3) is 11.8 Å². The number of halogens is 1. The Hall–Kier alpha value is -3.68. The van der Waals surface area contributed by atoms with Gasteiger partial charge in [-0.05, 0) is 37.3 Å². The summed E-state index contributed by atoms with van der Waals surface area (Å²) in [6, 6.07) is 15.1. The summed E-state index contributed by atoms with van der Waals surface area (Å²) in [6.45, 7) is 2.65. The Bertz CT molecular complexity index is 1410. The van der Waals surface area contributed by atoms with Gasteiger partial charge in [0.15, 0.2) is 5.66 Å². The number of hydrogen-bond acceptors (Lipinski definition) is 5. The van der Waals surface area contributed by atoms with Crippen LogP contribution >= 0.6 is 23.4 Å². The molecule has 4 heterocycles. The average Bonchev–Trinajstić information content (AvgIpc) is 3.42. The third-order valence-corrected chi connectivity index (χ3v) is 7.47. The van der Waals surface area contributed by atoms with E-state index in [1.807, 2.05) is 55.5 Å². The van der Waals surface area contributed by atoms with Gasteiger partial charge in [0.2, 0.25) is 0 Å². The summed E-state index contributed by atoms with van der Waals surface area (Å²) in [4.78, 5) is 41.2. The van der Waals surface area contributed by atoms with Crippen LogP contribution in [0.3, 0.4) is 0 Å². The molecule has 0 saturated carbocycles.